The van der Waals surface area contributed by atoms with Gasteiger partial charge in [-0.1, -0.05) is 0 Å². The van der Waals surface area contributed by atoms with Crippen LogP contribution < -0.4 is 5.32 Å². The number of hydrogen-bond acceptors (Lipinski definition) is 4. The molecular formula is C10H22N2O3. The molecule has 0 unspecified atom stereocenters. The Morgan fingerprint density at radius 2 is 2.13 bits per heavy atom. The van der Waals surface area contributed by atoms with Crippen LogP contribution in [0.5, 0.6) is 0 Å². The Morgan fingerprint density at radius 1 is 1.53 bits per heavy atom. The van der Waals surface area contributed by atoms with E-state index in [0.29, 0.717) is 19.7 Å². The van der Waals surface area contributed by atoms with Crippen molar-refractivity contribution in [2.45, 2.75) is 19.4 Å². The number of amides is 1. The molecule has 5 heteroatoms. The minimum Gasteiger partial charge on any atom is -0.389 e. The molecule has 0 aliphatic carbocycles. The van der Waals surface area contributed by atoms with Crippen molar-refractivity contribution in [3.05, 3.63) is 0 Å². The molecule has 0 aromatic heterocycles. The highest BCUT2D eigenvalue weighted by Crippen LogP contribution is 2.02. The number of nitrogens with one attached hydrogen (secondary N) is 1. The minimum atomic E-state index is -0.776. The summed E-state index contributed by atoms with van der Waals surface area (Å²) in [6.45, 7) is 5.21. The van der Waals surface area contributed by atoms with Gasteiger partial charge in [0.05, 0.1) is 18.8 Å². The van der Waals surface area contributed by atoms with Gasteiger partial charge >= 0.3 is 0 Å². The fraction of sp³-hybridized carbons (Fsp3) is 0.900. The number of carbonyl (C=O) groups excluding carboxylic acids is 1. The van der Waals surface area contributed by atoms with Crippen LogP contribution in [0.1, 0.15) is 13.8 Å². The minimum absolute atomic E-state index is 0.0567. The summed E-state index contributed by atoms with van der Waals surface area (Å²) in [6, 6.07) is 0. The highest BCUT2D eigenvalue weighted by atomic mass is 16.5. The van der Waals surface area contributed by atoms with E-state index in [2.05, 4.69) is 5.32 Å². The molecular weight excluding hydrogens is 196 g/mol. The van der Waals surface area contributed by atoms with Gasteiger partial charge in [0.2, 0.25) is 5.91 Å². The first kappa shape index (κ1) is 14.3. The molecule has 0 saturated carbocycles. The maximum absolute atomic E-state index is 11.3. The lowest BCUT2D eigenvalue weighted by molar-refractivity contribution is -0.122. The lowest BCUT2D eigenvalue weighted by Crippen LogP contribution is -2.42. The first-order valence-electron chi connectivity index (χ1n) is 5.01. The predicted molar refractivity (Wildman–Crippen MR) is 58.7 cm³/mol. The molecule has 2 N–H and O–H groups in total. The highest BCUT2D eigenvalue weighted by Gasteiger charge is 2.16. The molecule has 0 fully saturated rings. The van der Waals surface area contributed by atoms with Crippen LogP contribution in [-0.2, 0) is 9.53 Å². The number of methoxy groups -OCH3 is 1. The zero-order valence-electron chi connectivity index (χ0n) is 10.0. The van der Waals surface area contributed by atoms with Crippen molar-refractivity contribution in [2.24, 2.45) is 0 Å². The first-order chi connectivity index (χ1) is 6.85. The Kier molecular flexibility index (Phi) is 6.47. The third-order valence-electron chi connectivity index (χ3n) is 1.70. The van der Waals surface area contributed by atoms with Crippen molar-refractivity contribution in [3.63, 3.8) is 0 Å². The van der Waals surface area contributed by atoms with E-state index >= 15 is 0 Å². The van der Waals surface area contributed by atoms with Gasteiger partial charge in [-0.2, -0.15) is 0 Å². The number of ether oxygens (including phenoxy) is 1. The van der Waals surface area contributed by atoms with Gasteiger partial charge in [0.1, 0.15) is 0 Å². The summed E-state index contributed by atoms with van der Waals surface area (Å²) < 4.78 is 4.81. The molecule has 0 saturated heterocycles. The smallest absolute Gasteiger partial charge is 0.234 e. The average Bonchev–Trinajstić information content (AvgIpc) is 2.00. The van der Waals surface area contributed by atoms with Crippen LogP contribution in [0, 0.1) is 0 Å². The van der Waals surface area contributed by atoms with E-state index < -0.39 is 5.60 Å². The van der Waals surface area contributed by atoms with Crippen LogP contribution in [0.4, 0.5) is 0 Å². The second-order valence-electron chi connectivity index (χ2n) is 4.33. The largest absolute Gasteiger partial charge is 0.389 e. The van der Waals surface area contributed by atoms with Gasteiger partial charge in [0.25, 0.3) is 0 Å². The van der Waals surface area contributed by atoms with E-state index in [1.165, 1.54) is 0 Å². The number of rotatable bonds is 7. The molecule has 0 aromatic carbocycles. The van der Waals surface area contributed by atoms with Crippen LogP contribution in [0.15, 0.2) is 0 Å². The molecule has 0 aromatic rings. The number of likely N-dealkylation sites (N-methyl/N-ethyl adjacent to an activating group) is 1. The molecule has 0 heterocycles. The molecule has 0 aliphatic rings. The van der Waals surface area contributed by atoms with Gasteiger partial charge in [-0.15, -0.1) is 0 Å². The maximum atomic E-state index is 11.3. The van der Waals surface area contributed by atoms with Crippen molar-refractivity contribution in [1.82, 2.24) is 10.2 Å². The van der Waals surface area contributed by atoms with Gasteiger partial charge in [-0.25, -0.2) is 0 Å². The highest BCUT2D eigenvalue weighted by molar-refractivity contribution is 5.77. The standard InChI is InChI=1S/C10H22N2O3/c1-10(2,14)8-12(3)7-9(13)11-5-6-15-4/h14H,5-8H2,1-4H3,(H,11,13). The Bertz CT molecular complexity index is 190. The second kappa shape index (κ2) is 6.76. The Hall–Kier alpha value is -0.650. The molecule has 0 aliphatic heterocycles. The van der Waals surface area contributed by atoms with Crippen molar-refractivity contribution in [1.29, 1.82) is 0 Å². The third-order valence-corrected chi connectivity index (χ3v) is 1.70. The van der Waals surface area contributed by atoms with Crippen LogP contribution in [-0.4, -0.2) is 61.9 Å². The van der Waals surface area contributed by atoms with Crippen LogP contribution in [0.3, 0.4) is 0 Å². The van der Waals surface area contributed by atoms with E-state index in [1.807, 2.05) is 0 Å². The molecule has 15 heavy (non-hydrogen) atoms. The molecule has 1 amide bonds. The predicted octanol–water partition coefficient (Wildman–Crippen LogP) is -0.548. The van der Waals surface area contributed by atoms with Gasteiger partial charge in [0.15, 0.2) is 0 Å². The van der Waals surface area contributed by atoms with Crippen molar-refractivity contribution in [2.75, 3.05) is 40.4 Å². The van der Waals surface area contributed by atoms with E-state index in [-0.39, 0.29) is 12.5 Å². The van der Waals surface area contributed by atoms with E-state index in [4.69, 9.17) is 4.74 Å². The number of hydrogen-bond donors (Lipinski definition) is 2. The van der Waals surface area contributed by atoms with Gasteiger partial charge in [0, 0.05) is 20.2 Å². The van der Waals surface area contributed by atoms with Gasteiger partial charge in [-0.3, -0.25) is 9.69 Å². The van der Waals surface area contributed by atoms with Gasteiger partial charge < -0.3 is 15.2 Å². The topological polar surface area (TPSA) is 61.8 Å². The molecule has 0 spiro atoms. The van der Waals surface area contributed by atoms with Gasteiger partial charge in [-0.05, 0) is 20.9 Å². The third kappa shape index (κ3) is 9.65. The molecule has 0 atom stereocenters. The van der Waals surface area contributed by atoms with Crippen LogP contribution in [0.25, 0.3) is 0 Å². The van der Waals surface area contributed by atoms with Crippen molar-refractivity contribution < 1.29 is 14.6 Å². The SMILES string of the molecule is COCCNC(=O)CN(C)CC(C)(C)O. The lowest BCUT2D eigenvalue weighted by Gasteiger charge is -2.24. The zero-order valence-corrected chi connectivity index (χ0v) is 10.0. The fourth-order valence-corrected chi connectivity index (χ4v) is 1.31. The zero-order chi connectivity index (χ0) is 11.9. The molecule has 0 rings (SSSR count). The number of nitrogens with zero attached hydrogens (tertiary/aromatic N) is 1. The molecule has 0 radical (unpaired) electrons. The molecule has 90 valence electrons. The normalized spacial score (nSPS) is 11.9. The summed E-state index contributed by atoms with van der Waals surface area (Å²) in [5, 5.41) is 12.2. The van der Waals surface area contributed by atoms with E-state index in [0.717, 1.165) is 0 Å². The van der Waals surface area contributed by atoms with E-state index in [1.54, 1.807) is 32.9 Å². The maximum Gasteiger partial charge on any atom is 0.234 e. The quantitative estimate of drug-likeness (QED) is 0.563. The Balaban J connectivity index is 3.67. The summed E-state index contributed by atoms with van der Waals surface area (Å²) >= 11 is 0. The van der Waals surface area contributed by atoms with E-state index in [9.17, 15) is 9.90 Å². The summed E-state index contributed by atoms with van der Waals surface area (Å²) in [5.41, 5.74) is -0.776. The summed E-state index contributed by atoms with van der Waals surface area (Å²) in [7, 11) is 3.39. The van der Waals surface area contributed by atoms with Crippen LogP contribution >= 0.6 is 0 Å². The fourth-order valence-electron chi connectivity index (χ4n) is 1.31. The first-order valence-corrected chi connectivity index (χ1v) is 5.01. The summed E-state index contributed by atoms with van der Waals surface area (Å²) in [5.74, 6) is -0.0567. The Morgan fingerprint density at radius 3 is 2.60 bits per heavy atom. The average molecular weight is 218 g/mol. The monoisotopic (exact) mass is 218 g/mol. The molecule has 5 nitrogen and oxygen atoms in total. The second-order valence-corrected chi connectivity index (χ2v) is 4.33. The van der Waals surface area contributed by atoms with Crippen molar-refractivity contribution in [3.8, 4) is 0 Å². The number of aliphatic hydroxyl groups is 1. The van der Waals surface area contributed by atoms with Crippen molar-refractivity contribution >= 4 is 5.91 Å². The Labute approximate surface area is 91.4 Å². The van der Waals surface area contributed by atoms with Crippen LogP contribution in [0.2, 0.25) is 0 Å². The summed E-state index contributed by atoms with van der Waals surface area (Å²) in [4.78, 5) is 13.1. The lowest BCUT2D eigenvalue weighted by atomic mass is 10.1. The summed E-state index contributed by atoms with van der Waals surface area (Å²) in [6.07, 6.45) is 0. The number of carbonyl (C=O) groups is 1. The molecule has 0 bridgehead atoms.